The molecule has 0 atom stereocenters. The summed E-state index contributed by atoms with van der Waals surface area (Å²) in [6.07, 6.45) is 0. The summed E-state index contributed by atoms with van der Waals surface area (Å²) in [7, 11) is 1.63. The van der Waals surface area contributed by atoms with Crippen molar-refractivity contribution < 1.29 is 4.74 Å². The van der Waals surface area contributed by atoms with Gasteiger partial charge in [-0.15, -0.1) is 10.2 Å². The van der Waals surface area contributed by atoms with Crippen LogP contribution in [0, 0.1) is 0 Å². The predicted molar refractivity (Wildman–Crippen MR) is 101 cm³/mol. The topological polar surface area (TPSA) is 58.3 Å². The van der Waals surface area contributed by atoms with E-state index in [1.54, 1.807) is 7.11 Å². The fourth-order valence-electron chi connectivity index (χ4n) is 2.11. The van der Waals surface area contributed by atoms with Crippen molar-refractivity contribution in [2.45, 2.75) is 0 Å². The number of azo groups is 1. The Kier molecular flexibility index (Phi) is 5.51. The zero-order valence-electron chi connectivity index (χ0n) is 13.8. The Balaban J connectivity index is 1.88. The Bertz CT molecular complexity index is 844. The van der Waals surface area contributed by atoms with E-state index in [2.05, 4.69) is 20.8 Å². The van der Waals surface area contributed by atoms with Gasteiger partial charge in [-0.1, -0.05) is 36.4 Å². The van der Waals surface area contributed by atoms with Gasteiger partial charge in [-0.25, -0.2) is 0 Å². The molecule has 3 aromatic rings. The van der Waals surface area contributed by atoms with Gasteiger partial charge in [0.1, 0.15) is 5.75 Å². The maximum atomic E-state index is 5.20. The molecule has 25 heavy (non-hydrogen) atoms. The Labute approximate surface area is 146 Å². The first-order chi connectivity index (χ1) is 12.3. The average molecular weight is 330 g/mol. The molecule has 3 aromatic carbocycles. The van der Waals surface area contributed by atoms with Gasteiger partial charge in [-0.05, 0) is 48.5 Å². The van der Waals surface area contributed by atoms with Crippen LogP contribution in [-0.2, 0) is 0 Å². The molecule has 0 spiro atoms. The molecule has 0 amide bonds. The van der Waals surface area contributed by atoms with Gasteiger partial charge >= 0.3 is 0 Å². The number of nitrogens with zero attached hydrogens (tertiary/aromatic N) is 3. The lowest BCUT2D eigenvalue weighted by Gasteiger charge is -2.04. The van der Waals surface area contributed by atoms with Crippen LogP contribution in [-0.4, -0.2) is 12.9 Å². The van der Waals surface area contributed by atoms with E-state index in [0.29, 0.717) is 5.84 Å². The van der Waals surface area contributed by atoms with E-state index < -0.39 is 0 Å². The molecule has 0 heterocycles. The van der Waals surface area contributed by atoms with Gasteiger partial charge in [-0.3, -0.25) is 5.43 Å². The van der Waals surface area contributed by atoms with Crippen molar-refractivity contribution in [2.75, 3.05) is 12.5 Å². The molecule has 5 heteroatoms. The van der Waals surface area contributed by atoms with Crippen LogP contribution < -0.4 is 10.2 Å². The predicted octanol–water partition coefficient (Wildman–Crippen LogP) is 5.25. The highest BCUT2D eigenvalue weighted by atomic mass is 16.5. The van der Waals surface area contributed by atoms with Crippen molar-refractivity contribution >= 4 is 17.2 Å². The summed E-state index contributed by atoms with van der Waals surface area (Å²) in [5, 5.41) is 13.0. The van der Waals surface area contributed by atoms with E-state index in [9.17, 15) is 0 Å². The zero-order chi connectivity index (χ0) is 17.3. The molecule has 0 bridgehead atoms. The summed E-state index contributed by atoms with van der Waals surface area (Å²) in [6, 6.07) is 26.8. The summed E-state index contributed by atoms with van der Waals surface area (Å²) >= 11 is 0. The number of hydrogen-bond acceptors (Lipinski definition) is 4. The number of amidine groups is 1. The smallest absolute Gasteiger partial charge is 0.201 e. The summed E-state index contributed by atoms with van der Waals surface area (Å²) < 4.78 is 5.20. The third-order valence-electron chi connectivity index (χ3n) is 3.43. The van der Waals surface area contributed by atoms with Crippen molar-refractivity contribution in [1.29, 1.82) is 0 Å². The monoisotopic (exact) mass is 330 g/mol. The van der Waals surface area contributed by atoms with Gasteiger partial charge in [-0.2, -0.15) is 5.10 Å². The van der Waals surface area contributed by atoms with E-state index in [1.807, 2.05) is 84.9 Å². The van der Waals surface area contributed by atoms with Gasteiger partial charge in [0.25, 0.3) is 0 Å². The van der Waals surface area contributed by atoms with E-state index in [-0.39, 0.29) is 0 Å². The number of para-hydroxylation sites is 1. The first-order valence-corrected chi connectivity index (χ1v) is 7.85. The second kappa shape index (κ2) is 8.40. The molecule has 5 nitrogen and oxygen atoms in total. The highest BCUT2D eigenvalue weighted by Gasteiger charge is 2.04. The summed E-state index contributed by atoms with van der Waals surface area (Å²) in [4.78, 5) is 0. The zero-order valence-corrected chi connectivity index (χ0v) is 13.8. The summed E-state index contributed by atoms with van der Waals surface area (Å²) in [6.45, 7) is 0. The third-order valence-corrected chi connectivity index (χ3v) is 3.43. The minimum Gasteiger partial charge on any atom is -0.497 e. The van der Waals surface area contributed by atoms with Crippen LogP contribution in [0.15, 0.2) is 100 Å². The molecule has 0 aromatic heterocycles. The average Bonchev–Trinajstić information content (AvgIpc) is 2.70. The minimum atomic E-state index is 0.482. The molecule has 124 valence electrons. The Hall–Kier alpha value is -3.47. The first-order valence-electron chi connectivity index (χ1n) is 7.85. The molecular weight excluding hydrogens is 312 g/mol. The lowest BCUT2D eigenvalue weighted by molar-refractivity contribution is 0.415. The van der Waals surface area contributed by atoms with E-state index in [1.165, 1.54) is 0 Å². The lowest BCUT2D eigenvalue weighted by atomic mass is 10.2. The van der Waals surface area contributed by atoms with Crippen molar-refractivity contribution in [3.8, 4) is 5.75 Å². The number of hydrogen-bond donors (Lipinski definition) is 1. The maximum Gasteiger partial charge on any atom is 0.201 e. The van der Waals surface area contributed by atoms with Crippen LogP contribution >= 0.6 is 0 Å². The fourth-order valence-corrected chi connectivity index (χ4v) is 2.11. The molecule has 0 aliphatic rings. The van der Waals surface area contributed by atoms with E-state index in [4.69, 9.17) is 4.74 Å². The van der Waals surface area contributed by atoms with Crippen molar-refractivity contribution in [1.82, 2.24) is 0 Å². The maximum absolute atomic E-state index is 5.20. The highest BCUT2D eigenvalue weighted by molar-refractivity contribution is 5.99. The SMILES string of the molecule is COc1ccc(/C(N=Nc2ccccc2)=N/Nc2ccccc2)cc1. The van der Waals surface area contributed by atoms with Gasteiger partial charge < -0.3 is 4.74 Å². The van der Waals surface area contributed by atoms with Crippen LogP contribution in [0.4, 0.5) is 11.4 Å². The Morgan fingerprint density at radius 1 is 0.800 bits per heavy atom. The normalized spacial score (nSPS) is 11.5. The van der Waals surface area contributed by atoms with Crippen LogP contribution in [0.2, 0.25) is 0 Å². The molecule has 0 saturated carbocycles. The largest absolute Gasteiger partial charge is 0.497 e. The molecule has 0 fully saturated rings. The van der Waals surface area contributed by atoms with Crippen LogP contribution in [0.25, 0.3) is 0 Å². The number of anilines is 1. The number of methoxy groups -OCH3 is 1. The number of rotatable bonds is 5. The molecule has 1 N–H and O–H groups in total. The molecule has 0 aliphatic heterocycles. The van der Waals surface area contributed by atoms with Crippen LogP contribution in [0.3, 0.4) is 0 Å². The number of hydrazone groups is 1. The van der Waals surface area contributed by atoms with Crippen LogP contribution in [0.5, 0.6) is 5.75 Å². The van der Waals surface area contributed by atoms with Gasteiger partial charge in [0.15, 0.2) is 0 Å². The fraction of sp³-hybridized carbons (Fsp3) is 0.0500. The van der Waals surface area contributed by atoms with E-state index >= 15 is 0 Å². The molecule has 0 radical (unpaired) electrons. The second-order valence-electron chi connectivity index (χ2n) is 5.18. The van der Waals surface area contributed by atoms with Gasteiger partial charge in [0, 0.05) is 5.56 Å². The van der Waals surface area contributed by atoms with E-state index in [0.717, 1.165) is 22.7 Å². The minimum absolute atomic E-state index is 0.482. The van der Waals surface area contributed by atoms with Crippen molar-refractivity contribution in [3.63, 3.8) is 0 Å². The second-order valence-corrected chi connectivity index (χ2v) is 5.18. The Morgan fingerprint density at radius 3 is 2.08 bits per heavy atom. The molecule has 3 rings (SSSR count). The number of ether oxygens (including phenoxy) is 1. The van der Waals surface area contributed by atoms with Gasteiger partial charge in [0.05, 0.1) is 18.5 Å². The quantitative estimate of drug-likeness (QED) is 0.300. The summed E-state index contributed by atoms with van der Waals surface area (Å²) in [5.41, 5.74) is 5.49. The third kappa shape index (κ3) is 4.75. The standard InChI is InChI=1S/C20H18N4O/c1-25-19-14-12-16(13-15-19)20(23-21-17-8-4-2-5-9-17)24-22-18-10-6-3-7-11-18/h2-15,21H,1H3/b23-20-,24-22?. The molecule has 0 saturated heterocycles. The van der Waals surface area contributed by atoms with Crippen LogP contribution in [0.1, 0.15) is 5.56 Å². The lowest BCUT2D eigenvalue weighted by Crippen LogP contribution is -2.01. The number of benzene rings is 3. The van der Waals surface area contributed by atoms with Crippen molar-refractivity contribution in [3.05, 3.63) is 90.5 Å². The Morgan fingerprint density at radius 2 is 1.44 bits per heavy atom. The van der Waals surface area contributed by atoms with Crippen molar-refractivity contribution in [2.24, 2.45) is 15.3 Å². The molecular formula is C20H18N4O. The highest BCUT2D eigenvalue weighted by Crippen LogP contribution is 2.16. The molecule has 0 unspecified atom stereocenters. The summed E-state index contributed by atoms with van der Waals surface area (Å²) in [5.74, 6) is 1.26. The van der Waals surface area contributed by atoms with Gasteiger partial charge in [0.2, 0.25) is 5.84 Å². The number of nitrogens with one attached hydrogen (secondary N) is 1. The molecule has 0 aliphatic carbocycles. The first kappa shape index (κ1) is 16.4.